The number of rotatable bonds is 1. The Balaban J connectivity index is 2.10. The molecule has 0 aliphatic carbocycles. The number of hydrogen-bond donors (Lipinski definition) is 2. The molecule has 12 heavy (non-hydrogen) atoms. The van der Waals surface area contributed by atoms with Gasteiger partial charge in [0.15, 0.2) is 0 Å². The van der Waals surface area contributed by atoms with Crippen LogP contribution < -0.4 is 5.32 Å². The van der Waals surface area contributed by atoms with Crippen LogP contribution in [0.25, 0.3) is 0 Å². The maximum atomic E-state index is 4.27. The standard InChI is InChI=1S/C8H15N3Si/c1-12(2)5-7(11-6-12)8-9-3-4-10-8/h3-4,7,11H,5-6H2,1-2H3,(H,9,10). The first-order valence-electron chi connectivity index (χ1n) is 4.40. The molecule has 2 heterocycles. The molecule has 1 aliphatic rings. The molecule has 0 radical (unpaired) electrons. The first-order valence-corrected chi connectivity index (χ1v) is 7.81. The van der Waals surface area contributed by atoms with E-state index in [0.717, 1.165) is 5.82 Å². The van der Waals surface area contributed by atoms with Crippen LogP contribution in [0.5, 0.6) is 0 Å². The van der Waals surface area contributed by atoms with Crippen LogP contribution in [-0.4, -0.2) is 24.2 Å². The van der Waals surface area contributed by atoms with Crippen molar-refractivity contribution in [1.29, 1.82) is 0 Å². The van der Waals surface area contributed by atoms with Gasteiger partial charge in [0.25, 0.3) is 0 Å². The molecule has 0 bridgehead atoms. The van der Waals surface area contributed by atoms with E-state index in [0.29, 0.717) is 6.04 Å². The fraction of sp³-hybridized carbons (Fsp3) is 0.625. The van der Waals surface area contributed by atoms with Crippen molar-refractivity contribution in [1.82, 2.24) is 15.3 Å². The van der Waals surface area contributed by atoms with Gasteiger partial charge in [-0.05, 0) is 12.2 Å². The molecule has 2 N–H and O–H groups in total. The van der Waals surface area contributed by atoms with E-state index in [-0.39, 0.29) is 0 Å². The summed E-state index contributed by atoms with van der Waals surface area (Å²) in [7, 11) is -0.930. The van der Waals surface area contributed by atoms with Crippen LogP contribution in [0.4, 0.5) is 0 Å². The molecular formula is C8H15N3Si. The summed E-state index contributed by atoms with van der Waals surface area (Å²) in [6, 6.07) is 1.79. The Labute approximate surface area is 73.6 Å². The maximum absolute atomic E-state index is 4.27. The lowest BCUT2D eigenvalue weighted by Gasteiger charge is -2.11. The van der Waals surface area contributed by atoms with E-state index in [4.69, 9.17) is 0 Å². The zero-order chi connectivity index (χ0) is 8.60. The lowest BCUT2D eigenvalue weighted by molar-refractivity contribution is 0.635. The number of H-pyrrole nitrogens is 1. The van der Waals surface area contributed by atoms with Gasteiger partial charge in [-0.3, -0.25) is 0 Å². The highest BCUT2D eigenvalue weighted by Crippen LogP contribution is 2.27. The van der Waals surface area contributed by atoms with Crippen LogP contribution >= 0.6 is 0 Å². The predicted octanol–water partition coefficient (Wildman–Crippen LogP) is 1.30. The summed E-state index contributed by atoms with van der Waals surface area (Å²) >= 11 is 0. The third kappa shape index (κ3) is 1.44. The lowest BCUT2D eigenvalue weighted by Crippen LogP contribution is -2.28. The Kier molecular flexibility index (Phi) is 1.81. The number of nitrogens with one attached hydrogen (secondary N) is 2. The third-order valence-corrected chi connectivity index (χ3v) is 5.11. The summed E-state index contributed by atoms with van der Waals surface area (Å²) < 4.78 is 0. The van der Waals surface area contributed by atoms with Crippen LogP contribution in [0.2, 0.25) is 19.1 Å². The van der Waals surface area contributed by atoms with E-state index in [1.54, 1.807) is 0 Å². The highest BCUT2D eigenvalue weighted by Gasteiger charge is 2.34. The molecule has 1 aliphatic heterocycles. The smallest absolute Gasteiger partial charge is 0.122 e. The van der Waals surface area contributed by atoms with Crippen molar-refractivity contribution in [3.8, 4) is 0 Å². The SMILES string of the molecule is C[Si]1(C)CNC(c2ncc[nH]2)C1. The summed E-state index contributed by atoms with van der Waals surface area (Å²) in [4.78, 5) is 7.43. The second kappa shape index (κ2) is 2.71. The van der Waals surface area contributed by atoms with E-state index in [1.165, 1.54) is 12.2 Å². The van der Waals surface area contributed by atoms with Gasteiger partial charge in [-0.25, -0.2) is 4.98 Å². The highest BCUT2D eigenvalue weighted by atomic mass is 28.3. The molecule has 0 amide bonds. The molecular weight excluding hydrogens is 166 g/mol. The summed E-state index contributed by atoms with van der Waals surface area (Å²) in [5.74, 6) is 1.10. The van der Waals surface area contributed by atoms with Gasteiger partial charge in [0, 0.05) is 12.4 Å². The molecule has 2 rings (SSSR count). The van der Waals surface area contributed by atoms with E-state index < -0.39 is 8.07 Å². The Morgan fingerprint density at radius 1 is 1.58 bits per heavy atom. The summed E-state index contributed by atoms with van der Waals surface area (Å²) in [5, 5.41) is 3.52. The lowest BCUT2D eigenvalue weighted by atomic mass is 10.3. The zero-order valence-electron chi connectivity index (χ0n) is 7.59. The molecule has 0 aromatic carbocycles. The molecule has 1 fully saturated rings. The molecule has 3 nitrogen and oxygen atoms in total. The molecule has 1 saturated heterocycles. The second-order valence-corrected chi connectivity index (χ2v) is 9.37. The number of nitrogens with zero attached hydrogens (tertiary/aromatic N) is 1. The summed E-state index contributed by atoms with van der Waals surface area (Å²) in [6.45, 7) is 4.84. The van der Waals surface area contributed by atoms with Gasteiger partial charge in [-0.1, -0.05) is 13.1 Å². The Hall–Kier alpha value is -0.613. The molecule has 4 heteroatoms. The predicted molar refractivity (Wildman–Crippen MR) is 51.6 cm³/mol. The van der Waals surface area contributed by atoms with Crippen LogP contribution in [0.15, 0.2) is 12.4 Å². The number of aromatic nitrogens is 2. The number of aromatic amines is 1. The van der Waals surface area contributed by atoms with Crippen LogP contribution in [0.3, 0.4) is 0 Å². The van der Waals surface area contributed by atoms with Crippen molar-refractivity contribution < 1.29 is 0 Å². The van der Waals surface area contributed by atoms with Gasteiger partial charge in [-0.2, -0.15) is 0 Å². The largest absolute Gasteiger partial charge is 0.347 e. The van der Waals surface area contributed by atoms with Gasteiger partial charge in [0.05, 0.1) is 14.1 Å². The first kappa shape index (κ1) is 8.01. The fourth-order valence-corrected chi connectivity index (χ4v) is 4.14. The Morgan fingerprint density at radius 3 is 2.92 bits per heavy atom. The van der Waals surface area contributed by atoms with E-state index in [9.17, 15) is 0 Å². The minimum atomic E-state index is -0.930. The Morgan fingerprint density at radius 2 is 2.42 bits per heavy atom. The van der Waals surface area contributed by atoms with Crippen molar-refractivity contribution in [2.75, 3.05) is 6.17 Å². The Bertz CT molecular complexity index is 255. The van der Waals surface area contributed by atoms with Crippen molar-refractivity contribution in [3.63, 3.8) is 0 Å². The zero-order valence-corrected chi connectivity index (χ0v) is 8.59. The summed E-state index contributed by atoms with van der Waals surface area (Å²) in [5.41, 5.74) is 0. The number of hydrogen-bond acceptors (Lipinski definition) is 2. The quantitative estimate of drug-likeness (QED) is 0.641. The molecule has 66 valence electrons. The van der Waals surface area contributed by atoms with Crippen molar-refractivity contribution in [2.24, 2.45) is 0 Å². The topological polar surface area (TPSA) is 40.7 Å². The fourth-order valence-electron chi connectivity index (χ4n) is 1.76. The van der Waals surface area contributed by atoms with Gasteiger partial charge in [0.2, 0.25) is 0 Å². The number of imidazole rings is 1. The molecule has 0 saturated carbocycles. The van der Waals surface area contributed by atoms with Crippen molar-refractivity contribution in [2.45, 2.75) is 25.2 Å². The van der Waals surface area contributed by atoms with Gasteiger partial charge in [-0.15, -0.1) is 0 Å². The molecule has 1 unspecified atom stereocenters. The van der Waals surface area contributed by atoms with Crippen LogP contribution in [0, 0.1) is 0 Å². The summed E-state index contributed by atoms with van der Waals surface area (Å²) in [6.07, 6.45) is 4.94. The monoisotopic (exact) mass is 181 g/mol. The molecule has 1 atom stereocenters. The van der Waals surface area contributed by atoms with Gasteiger partial charge in [0.1, 0.15) is 5.82 Å². The average molecular weight is 181 g/mol. The van der Waals surface area contributed by atoms with Gasteiger partial charge < -0.3 is 10.3 Å². The maximum Gasteiger partial charge on any atom is 0.122 e. The third-order valence-electron chi connectivity index (χ3n) is 2.43. The normalized spacial score (nSPS) is 27.7. The highest BCUT2D eigenvalue weighted by molar-refractivity contribution is 6.78. The van der Waals surface area contributed by atoms with Crippen molar-refractivity contribution >= 4 is 8.07 Å². The minimum absolute atomic E-state index is 0.488. The van der Waals surface area contributed by atoms with Gasteiger partial charge >= 0.3 is 0 Å². The van der Waals surface area contributed by atoms with Crippen LogP contribution in [-0.2, 0) is 0 Å². The van der Waals surface area contributed by atoms with E-state index in [1.807, 2.05) is 12.4 Å². The van der Waals surface area contributed by atoms with E-state index >= 15 is 0 Å². The van der Waals surface area contributed by atoms with Crippen molar-refractivity contribution in [3.05, 3.63) is 18.2 Å². The molecule has 1 aromatic heterocycles. The van der Waals surface area contributed by atoms with Crippen LogP contribution in [0.1, 0.15) is 11.9 Å². The average Bonchev–Trinajstić information content (AvgIpc) is 2.55. The molecule has 1 aromatic rings. The van der Waals surface area contributed by atoms with E-state index in [2.05, 4.69) is 28.4 Å². The molecule has 0 spiro atoms. The first-order chi connectivity index (χ1) is 5.67. The second-order valence-electron chi connectivity index (χ2n) is 4.28. The minimum Gasteiger partial charge on any atom is -0.347 e.